The summed E-state index contributed by atoms with van der Waals surface area (Å²) in [5.41, 5.74) is 3.11. The highest BCUT2D eigenvalue weighted by atomic mass is 32.1. The zero-order chi connectivity index (χ0) is 16.6. The zero-order valence-electron chi connectivity index (χ0n) is 12.5. The quantitative estimate of drug-likeness (QED) is 0.580. The van der Waals surface area contributed by atoms with Crippen molar-refractivity contribution < 1.29 is 9.72 Å². The van der Waals surface area contributed by atoms with Crippen LogP contribution in [-0.4, -0.2) is 15.8 Å². The van der Waals surface area contributed by atoms with E-state index in [1.165, 1.54) is 35.6 Å². The Labute approximate surface area is 135 Å². The minimum atomic E-state index is -0.527. The molecule has 0 saturated carbocycles. The smallest absolute Gasteiger partial charge is 0.270 e. The van der Waals surface area contributed by atoms with Gasteiger partial charge in [-0.1, -0.05) is 29.5 Å². The molecule has 6 nitrogen and oxygen atoms in total. The van der Waals surface area contributed by atoms with Crippen molar-refractivity contribution >= 4 is 38.3 Å². The summed E-state index contributed by atoms with van der Waals surface area (Å²) >= 11 is 1.39. The zero-order valence-corrected chi connectivity index (χ0v) is 13.3. The maximum atomic E-state index is 12.3. The average Bonchev–Trinajstić information content (AvgIpc) is 2.96. The number of aryl methyl sites for hydroxylation is 2. The van der Waals surface area contributed by atoms with Crippen LogP contribution in [0.5, 0.6) is 0 Å². The Morgan fingerprint density at radius 1 is 1.22 bits per heavy atom. The number of hydrogen-bond donors (Lipinski definition) is 1. The Hall–Kier alpha value is -2.80. The summed E-state index contributed by atoms with van der Waals surface area (Å²) in [4.78, 5) is 27.0. The topological polar surface area (TPSA) is 85.1 Å². The highest BCUT2D eigenvalue weighted by Crippen LogP contribution is 2.31. The van der Waals surface area contributed by atoms with Gasteiger partial charge < -0.3 is 0 Å². The molecular weight excluding hydrogens is 314 g/mol. The number of benzene rings is 2. The fourth-order valence-corrected chi connectivity index (χ4v) is 3.25. The molecule has 0 spiro atoms. The van der Waals surface area contributed by atoms with E-state index in [-0.39, 0.29) is 11.3 Å². The molecule has 0 saturated heterocycles. The van der Waals surface area contributed by atoms with Crippen molar-refractivity contribution in [2.75, 3.05) is 5.32 Å². The predicted molar refractivity (Wildman–Crippen MR) is 90.1 cm³/mol. The van der Waals surface area contributed by atoms with Gasteiger partial charge in [-0.05, 0) is 31.0 Å². The number of nitrogens with one attached hydrogen (secondary N) is 1. The number of fused-ring (bicyclic) bond motifs is 1. The summed E-state index contributed by atoms with van der Waals surface area (Å²) in [5.74, 6) is -0.414. The second-order valence-corrected chi connectivity index (χ2v) is 6.16. The Kier molecular flexibility index (Phi) is 3.79. The van der Waals surface area contributed by atoms with Gasteiger partial charge in [0, 0.05) is 17.7 Å². The van der Waals surface area contributed by atoms with E-state index in [1.807, 2.05) is 26.0 Å². The van der Waals surface area contributed by atoms with E-state index in [1.54, 1.807) is 0 Å². The van der Waals surface area contributed by atoms with Crippen LogP contribution in [0.2, 0.25) is 0 Å². The van der Waals surface area contributed by atoms with Crippen LogP contribution >= 0.6 is 11.3 Å². The number of nitro benzene ring substituents is 1. The third-order valence-corrected chi connectivity index (χ3v) is 4.59. The first-order valence-electron chi connectivity index (χ1n) is 6.88. The number of non-ortho nitro benzene ring substituents is 1. The number of carbonyl (C=O) groups is 1. The predicted octanol–water partition coefficient (Wildman–Crippen LogP) is 4.07. The monoisotopic (exact) mass is 327 g/mol. The van der Waals surface area contributed by atoms with Crippen LogP contribution in [0.4, 0.5) is 10.8 Å². The van der Waals surface area contributed by atoms with E-state index in [0.29, 0.717) is 5.13 Å². The van der Waals surface area contributed by atoms with Gasteiger partial charge in [0.15, 0.2) is 5.13 Å². The summed E-state index contributed by atoms with van der Waals surface area (Å²) in [6.45, 7) is 3.96. The normalized spacial score (nSPS) is 10.7. The lowest BCUT2D eigenvalue weighted by atomic mass is 10.1. The number of aromatic nitrogens is 1. The second-order valence-electron chi connectivity index (χ2n) is 5.16. The van der Waals surface area contributed by atoms with Crippen LogP contribution in [-0.2, 0) is 0 Å². The molecule has 1 heterocycles. The van der Waals surface area contributed by atoms with Gasteiger partial charge in [-0.15, -0.1) is 0 Å². The Bertz CT molecular complexity index is 894. The van der Waals surface area contributed by atoms with Crippen LogP contribution in [0.3, 0.4) is 0 Å². The molecule has 0 unspecified atom stereocenters. The molecule has 1 N–H and O–H groups in total. The van der Waals surface area contributed by atoms with Gasteiger partial charge in [0.2, 0.25) is 0 Å². The van der Waals surface area contributed by atoms with Crippen LogP contribution in [0.15, 0.2) is 36.4 Å². The Balaban J connectivity index is 1.91. The highest BCUT2D eigenvalue weighted by Gasteiger charge is 2.14. The van der Waals surface area contributed by atoms with Gasteiger partial charge >= 0.3 is 0 Å². The molecule has 0 atom stereocenters. The molecule has 7 heteroatoms. The molecule has 0 aliphatic heterocycles. The number of amides is 1. The lowest BCUT2D eigenvalue weighted by Crippen LogP contribution is -2.11. The third kappa shape index (κ3) is 2.91. The van der Waals surface area contributed by atoms with Gasteiger partial charge in [0.05, 0.1) is 15.1 Å². The highest BCUT2D eigenvalue weighted by molar-refractivity contribution is 7.22. The second kappa shape index (κ2) is 5.77. The number of thiazole rings is 1. The fourth-order valence-electron chi connectivity index (χ4n) is 2.24. The van der Waals surface area contributed by atoms with E-state index >= 15 is 0 Å². The fraction of sp³-hybridized carbons (Fsp3) is 0.125. The number of nitrogens with zero attached hydrogens (tertiary/aromatic N) is 2. The van der Waals surface area contributed by atoms with Crippen LogP contribution in [0.1, 0.15) is 21.5 Å². The molecule has 0 aliphatic carbocycles. The van der Waals surface area contributed by atoms with Crippen molar-refractivity contribution in [3.63, 3.8) is 0 Å². The lowest BCUT2D eigenvalue weighted by Gasteiger charge is -2.01. The molecule has 116 valence electrons. The summed E-state index contributed by atoms with van der Waals surface area (Å²) in [6, 6.07) is 9.62. The summed E-state index contributed by atoms with van der Waals surface area (Å²) in [5, 5.41) is 14.0. The number of hydrogen-bond acceptors (Lipinski definition) is 5. The van der Waals surface area contributed by atoms with Gasteiger partial charge in [0.1, 0.15) is 0 Å². The SMILES string of the molecule is Cc1ccc(C)c2sc(NC(=O)c3cccc([N+](=O)[O-])c3)nc12. The summed E-state index contributed by atoms with van der Waals surface area (Å²) < 4.78 is 1.03. The minimum absolute atomic E-state index is 0.117. The molecule has 0 radical (unpaired) electrons. The van der Waals surface area contributed by atoms with Crippen molar-refractivity contribution in [3.8, 4) is 0 Å². The van der Waals surface area contributed by atoms with E-state index in [0.717, 1.165) is 21.3 Å². The van der Waals surface area contributed by atoms with Crippen molar-refractivity contribution in [2.45, 2.75) is 13.8 Å². The molecule has 0 aliphatic rings. The molecule has 0 bridgehead atoms. The summed E-state index contributed by atoms with van der Waals surface area (Å²) in [7, 11) is 0. The van der Waals surface area contributed by atoms with Gasteiger partial charge in [0.25, 0.3) is 11.6 Å². The molecule has 3 aromatic rings. The van der Waals surface area contributed by atoms with Gasteiger partial charge in [-0.25, -0.2) is 4.98 Å². The van der Waals surface area contributed by atoms with Crippen molar-refractivity contribution in [3.05, 3.63) is 63.2 Å². The average molecular weight is 327 g/mol. The van der Waals surface area contributed by atoms with Crippen LogP contribution in [0, 0.1) is 24.0 Å². The van der Waals surface area contributed by atoms with Crippen molar-refractivity contribution in [2.24, 2.45) is 0 Å². The van der Waals surface area contributed by atoms with Gasteiger partial charge in [-0.3, -0.25) is 20.2 Å². The van der Waals surface area contributed by atoms with Crippen LogP contribution < -0.4 is 5.32 Å². The number of anilines is 1. The summed E-state index contributed by atoms with van der Waals surface area (Å²) in [6.07, 6.45) is 0. The first kappa shape index (κ1) is 15.1. The maximum absolute atomic E-state index is 12.3. The third-order valence-electron chi connectivity index (χ3n) is 3.48. The largest absolute Gasteiger partial charge is 0.298 e. The van der Waals surface area contributed by atoms with Crippen LogP contribution in [0.25, 0.3) is 10.2 Å². The van der Waals surface area contributed by atoms with E-state index < -0.39 is 10.8 Å². The Morgan fingerprint density at radius 3 is 2.65 bits per heavy atom. The van der Waals surface area contributed by atoms with E-state index in [9.17, 15) is 14.9 Å². The van der Waals surface area contributed by atoms with Crippen molar-refractivity contribution in [1.82, 2.24) is 4.98 Å². The molecule has 1 amide bonds. The number of rotatable bonds is 3. The molecule has 23 heavy (non-hydrogen) atoms. The maximum Gasteiger partial charge on any atom is 0.270 e. The molecular formula is C16H13N3O3S. The number of carbonyl (C=O) groups excluding carboxylic acids is 1. The number of nitro groups is 1. The van der Waals surface area contributed by atoms with E-state index in [2.05, 4.69) is 10.3 Å². The molecule has 0 fully saturated rings. The van der Waals surface area contributed by atoms with Crippen molar-refractivity contribution in [1.29, 1.82) is 0 Å². The van der Waals surface area contributed by atoms with Gasteiger partial charge in [-0.2, -0.15) is 0 Å². The first-order chi connectivity index (χ1) is 11.0. The van der Waals surface area contributed by atoms with E-state index in [4.69, 9.17) is 0 Å². The first-order valence-corrected chi connectivity index (χ1v) is 7.70. The minimum Gasteiger partial charge on any atom is -0.298 e. The lowest BCUT2D eigenvalue weighted by molar-refractivity contribution is -0.384. The molecule has 2 aromatic carbocycles. The Morgan fingerprint density at radius 2 is 1.96 bits per heavy atom. The standard InChI is InChI=1S/C16H13N3O3S/c1-9-6-7-10(2)14-13(9)17-16(23-14)18-15(20)11-4-3-5-12(8-11)19(21)22/h3-8H,1-2H3,(H,17,18,20). The molecule has 1 aromatic heterocycles. The molecule has 3 rings (SSSR count).